The number of hydrogen-bond acceptors (Lipinski definition) is 2. The van der Waals surface area contributed by atoms with Crippen LogP contribution in [0.4, 0.5) is 4.39 Å². The Bertz CT molecular complexity index is 590. The molecule has 0 spiro atoms. The lowest BCUT2D eigenvalue weighted by Gasteiger charge is -2.04. The van der Waals surface area contributed by atoms with Crippen molar-refractivity contribution in [2.75, 3.05) is 0 Å². The van der Waals surface area contributed by atoms with Gasteiger partial charge in [0.2, 0.25) is 0 Å². The first-order valence-electron chi connectivity index (χ1n) is 6.49. The van der Waals surface area contributed by atoms with Crippen molar-refractivity contribution in [1.29, 1.82) is 0 Å². The molecule has 0 radical (unpaired) electrons. The monoisotopic (exact) mass is 260 g/mol. The van der Waals surface area contributed by atoms with Crippen molar-refractivity contribution in [1.82, 2.24) is 9.78 Å². The molecule has 1 aromatic carbocycles. The van der Waals surface area contributed by atoms with Crippen molar-refractivity contribution in [3.63, 3.8) is 0 Å². The summed E-state index contributed by atoms with van der Waals surface area (Å²) in [4.78, 5) is 12.2. The number of ketones is 1. The topological polar surface area (TPSA) is 34.9 Å². The molecule has 0 saturated carbocycles. The maximum absolute atomic E-state index is 13.5. The maximum Gasteiger partial charge on any atom is 0.185 e. The van der Waals surface area contributed by atoms with Crippen LogP contribution in [0.1, 0.15) is 35.6 Å². The van der Waals surface area contributed by atoms with E-state index in [4.69, 9.17) is 0 Å². The van der Waals surface area contributed by atoms with Crippen LogP contribution in [0.15, 0.2) is 30.3 Å². The van der Waals surface area contributed by atoms with Gasteiger partial charge in [-0.2, -0.15) is 5.10 Å². The summed E-state index contributed by atoms with van der Waals surface area (Å²) in [6.45, 7) is 4.57. The van der Waals surface area contributed by atoms with E-state index >= 15 is 0 Å². The zero-order chi connectivity index (χ0) is 13.8. The molecule has 0 N–H and O–H groups in total. The fourth-order valence-corrected chi connectivity index (χ4v) is 2.01. The lowest BCUT2D eigenvalue weighted by atomic mass is 10.1. The quantitative estimate of drug-likeness (QED) is 0.774. The molecule has 4 heteroatoms. The van der Waals surface area contributed by atoms with Crippen LogP contribution >= 0.6 is 0 Å². The van der Waals surface area contributed by atoms with E-state index in [1.54, 1.807) is 28.9 Å². The first-order chi connectivity index (χ1) is 9.15. The molecule has 100 valence electrons. The van der Waals surface area contributed by atoms with Crippen LogP contribution < -0.4 is 0 Å². The molecule has 2 rings (SSSR count). The predicted molar refractivity (Wildman–Crippen MR) is 71.7 cm³/mol. The van der Waals surface area contributed by atoms with Crippen LogP contribution in [0.3, 0.4) is 0 Å². The van der Waals surface area contributed by atoms with Gasteiger partial charge in [-0.15, -0.1) is 0 Å². The van der Waals surface area contributed by atoms with E-state index in [2.05, 4.69) is 5.10 Å². The Labute approximate surface area is 112 Å². The summed E-state index contributed by atoms with van der Waals surface area (Å²) in [5.74, 6) is -0.437. The number of aromatic nitrogens is 2. The Morgan fingerprint density at radius 3 is 2.68 bits per heavy atom. The third kappa shape index (κ3) is 2.89. The van der Waals surface area contributed by atoms with Crippen LogP contribution in [0.5, 0.6) is 0 Å². The van der Waals surface area contributed by atoms with Crippen LogP contribution in [-0.4, -0.2) is 15.6 Å². The van der Waals surface area contributed by atoms with E-state index in [1.165, 1.54) is 6.07 Å². The zero-order valence-corrected chi connectivity index (χ0v) is 11.2. The number of aryl methyl sites for hydroxylation is 2. The van der Waals surface area contributed by atoms with Crippen molar-refractivity contribution in [2.24, 2.45) is 0 Å². The number of carbonyl (C=O) groups excluding carboxylic acids is 1. The molecular weight excluding hydrogens is 243 g/mol. The summed E-state index contributed by atoms with van der Waals surface area (Å²) in [6.07, 6.45) is 0.856. The van der Waals surface area contributed by atoms with Gasteiger partial charge in [-0.25, -0.2) is 4.39 Å². The minimum atomic E-state index is -0.339. The zero-order valence-electron chi connectivity index (χ0n) is 11.2. The summed E-state index contributed by atoms with van der Waals surface area (Å²) >= 11 is 0. The number of hydrogen-bond donors (Lipinski definition) is 0. The van der Waals surface area contributed by atoms with Crippen molar-refractivity contribution in [2.45, 2.75) is 33.2 Å². The Kier molecular flexibility index (Phi) is 4.10. The van der Waals surface area contributed by atoms with Crippen LogP contribution in [0.2, 0.25) is 0 Å². The molecule has 0 amide bonds. The van der Waals surface area contributed by atoms with Crippen LogP contribution in [0.25, 0.3) is 0 Å². The number of nitrogens with zero attached hydrogens (tertiary/aromatic N) is 2. The highest BCUT2D eigenvalue weighted by Crippen LogP contribution is 2.13. The number of benzene rings is 1. The largest absolute Gasteiger partial charge is 0.292 e. The molecule has 0 aliphatic rings. The third-order valence-corrected chi connectivity index (χ3v) is 3.09. The van der Waals surface area contributed by atoms with E-state index < -0.39 is 0 Å². The summed E-state index contributed by atoms with van der Waals surface area (Å²) in [6, 6.07) is 8.17. The molecule has 19 heavy (non-hydrogen) atoms. The number of carbonyl (C=O) groups is 1. The highest BCUT2D eigenvalue weighted by molar-refractivity contribution is 5.96. The summed E-state index contributed by atoms with van der Waals surface area (Å²) < 4.78 is 15.2. The van der Waals surface area contributed by atoms with E-state index in [1.807, 2.05) is 13.8 Å². The van der Waals surface area contributed by atoms with E-state index in [-0.39, 0.29) is 18.0 Å². The molecule has 0 bridgehead atoms. The van der Waals surface area contributed by atoms with Crippen molar-refractivity contribution in [3.8, 4) is 0 Å². The average molecular weight is 260 g/mol. The van der Waals surface area contributed by atoms with Gasteiger partial charge in [0, 0.05) is 13.0 Å². The van der Waals surface area contributed by atoms with Gasteiger partial charge in [-0.3, -0.25) is 9.48 Å². The molecule has 2 aromatic rings. The first kappa shape index (κ1) is 13.5. The Morgan fingerprint density at radius 2 is 2.05 bits per heavy atom. The third-order valence-electron chi connectivity index (χ3n) is 3.09. The molecule has 0 unspecified atom stereocenters. The standard InChI is InChI=1S/C15H17FN2O/c1-3-12-10-14(18(4-2)17-12)15(19)9-11-7-5-6-8-13(11)16/h5-8,10H,3-4,9H2,1-2H3. The van der Waals surface area contributed by atoms with Gasteiger partial charge in [0.05, 0.1) is 5.69 Å². The van der Waals surface area contributed by atoms with Gasteiger partial charge in [-0.1, -0.05) is 25.1 Å². The van der Waals surface area contributed by atoms with Gasteiger partial charge in [0.1, 0.15) is 11.5 Å². The Morgan fingerprint density at radius 1 is 1.32 bits per heavy atom. The maximum atomic E-state index is 13.5. The van der Waals surface area contributed by atoms with Crippen LogP contribution in [-0.2, 0) is 19.4 Å². The number of halogens is 1. The normalized spacial score (nSPS) is 10.7. The van der Waals surface area contributed by atoms with Gasteiger partial charge in [-0.05, 0) is 31.0 Å². The fraction of sp³-hybridized carbons (Fsp3) is 0.333. The highest BCUT2D eigenvalue weighted by atomic mass is 19.1. The van der Waals surface area contributed by atoms with Gasteiger partial charge < -0.3 is 0 Å². The van der Waals surface area contributed by atoms with E-state index in [0.717, 1.165) is 12.1 Å². The predicted octanol–water partition coefficient (Wildman–Crippen LogP) is 3.03. The van der Waals surface area contributed by atoms with Gasteiger partial charge in [0.15, 0.2) is 5.78 Å². The Hall–Kier alpha value is -1.97. The molecule has 0 fully saturated rings. The van der Waals surface area contributed by atoms with Crippen molar-refractivity contribution in [3.05, 3.63) is 53.1 Å². The number of rotatable bonds is 5. The van der Waals surface area contributed by atoms with E-state index in [0.29, 0.717) is 17.8 Å². The minimum Gasteiger partial charge on any atom is -0.292 e. The second kappa shape index (κ2) is 5.78. The molecule has 0 saturated heterocycles. The summed E-state index contributed by atoms with van der Waals surface area (Å²) in [5, 5.41) is 4.33. The number of Topliss-reactive ketones (excluding diaryl/α,β-unsaturated/α-hetero) is 1. The summed E-state index contributed by atoms with van der Waals surface area (Å²) in [7, 11) is 0. The van der Waals surface area contributed by atoms with Gasteiger partial charge in [0.25, 0.3) is 0 Å². The SMILES string of the molecule is CCc1cc(C(=O)Cc2ccccc2F)n(CC)n1. The second-order valence-corrected chi connectivity index (χ2v) is 4.38. The smallest absolute Gasteiger partial charge is 0.185 e. The van der Waals surface area contributed by atoms with Crippen molar-refractivity contribution < 1.29 is 9.18 Å². The molecule has 1 heterocycles. The lowest BCUT2D eigenvalue weighted by molar-refractivity contribution is 0.0981. The molecule has 0 aliphatic carbocycles. The second-order valence-electron chi connectivity index (χ2n) is 4.38. The highest BCUT2D eigenvalue weighted by Gasteiger charge is 2.15. The lowest BCUT2D eigenvalue weighted by Crippen LogP contribution is -2.12. The minimum absolute atomic E-state index is 0.0710. The fourth-order valence-electron chi connectivity index (χ4n) is 2.01. The first-order valence-corrected chi connectivity index (χ1v) is 6.49. The molecule has 0 aliphatic heterocycles. The molecule has 1 aromatic heterocycles. The molecule has 3 nitrogen and oxygen atoms in total. The molecule has 0 atom stereocenters. The summed E-state index contributed by atoms with van der Waals surface area (Å²) in [5.41, 5.74) is 1.87. The van der Waals surface area contributed by atoms with Gasteiger partial charge >= 0.3 is 0 Å². The molecular formula is C15H17FN2O. The Balaban J connectivity index is 2.25. The van der Waals surface area contributed by atoms with Crippen LogP contribution in [0, 0.1) is 5.82 Å². The van der Waals surface area contributed by atoms with E-state index in [9.17, 15) is 9.18 Å². The van der Waals surface area contributed by atoms with Crippen molar-refractivity contribution >= 4 is 5.78 Å². The average Bonchev–Trinajstić information content (AvgIpc) is 2.84.